The highest BCUT2D eigenvalue weighted by Gasteiger charge is 2.21. The predicted molar refractivity (Wildman–Crippen MR) is 48.9 cm³/mol. The fourth-order valence-electron chi connectivity index (χ4n) is 1.67. The molecule has 1 aromatic carbocycles. The molecule has 2 rings (SSSR count). The predicted octanol–water partition coefficient (Wildman–Crippen LogP) is 2.19. The van der Waals surface area contributed by atoms with Gasteiger partial charge in [-0.1, -0.05) is 12.1 Å². The Kier molecular flexibility index (Phi) is 2.70. The molecule has 0 aromatic heterocycles. The monoisotopic (exact) mass is 187 g/mol. The van der Waals surface area contributed by atoms with Gasteiger partial charge in [0, 0.05) is 11.6 Å². The highest BCUT2D eigenvalue weighted by atomic mass is 35.5. The first kappa shape index (κ1) is 9.49. The number of rotatable bonds is 0. The minimum Gasteiger partial charge on any atom is -0.324 e. The molecule has 3 heteroatoms. The third-order valence-electron chi connectivity index (χ3n) is 2.24. The molecule has 1 nitrogen and oxygen atoms in total. The summed E-state index contributed by atoms with van der Waals surface area (Å²) in [7, 11) is 0. The molecule has 1 aliphatic carbocycles. The molecule has 0 unspecified atom stereocenters. The van der Waals surface area contributed by atoms with E-state index in [1.165, 1.54) is 6.07 Å². The van der Waals surface area contributed by atoms with Crippen molar-refractivity contribution in [3.8, 4) is 0 Å². The number of hydrogen-bond acceptors (Lipinski definition) is 1. The summed E-state index contributed by atoms with van der Waals surface area (Å²) in [5.74, 6) is -0.146. The van der Waals surface area contributed by atoms with Crippen LogP contribution >= 0.6 is 12.4 Å². The average Bonchev–Trinajstić information content (AvgIpc) is 2.34. The van der Waals surface area contributed by atoms with Crippen LogP contribution in [0.5, 0.6) is 0 Å². The summed E-state index contributed by atoms with van der Waals surface area (Å²) >= 11 is 0. The van der Waals surface area contributed by atoms with Crippen LogP contribution in [0.4, 0.5) is 4.39 Å². The number of hydrogen-bond donors (Lipinski definition) is 1. The van der Waals surface area contributed by atoms with Crippen LogP contribution in [0.2, 0.25) is 0 Å². The third kappa shape index (κ3) is 1.32. The van der Waals surface area contributed by atoms with E-state index in [0.717, 1.165) is 24.0 Å². The van der Waals surface area contributed by atoms with E-state index >= 15 is 0 Å². The molecule has 66 valence electrons. The Balaban J connectivity index is 0.000000720. The van der Waals surface area contributed by atoms with Gasteiger partial charge in [0.15, 0.2) is 0 Å². The second kappa shape index (κ2) is 3.42. The van der Waals surface area contributed by atoms with Crippen molar-refractivity contribution in [2.24, 2.45) is 5.73 Å². The van der Waals surface area contributed by atoms with E-state index in [1.807, 2.05) is 6.07 Å². The highest BCUT2D eigenvalue weighted by Crippen LogP contribution is 2.30. The van der Waals surface area contributed by atoms with Crippen molar-refractivity contribution >= 4 is 12.4 Å². The summed E-state index contributed by atoms with van der Waals surface area (Å²) in [4.78, 5) is 0. The normalized spacial score (nSPS) is 20.0. The maximum atomic E-state index is 13.1. The van der Waals surface area contributed by atoms with Gasteiger partial charge in [0.2, 0.25) is 0 Å². The topological polar surface area (TPSA) is 26.0 Å². The van der Waals surface area contributed by atoms with E-state index in [9.17, 15) is 4.39 Å². The van der Waals surface area contributed by atoms with Gasteiger partial charge in [0.25, 0.3) is 0 Å². The van der Waals surface area contributed by atoms with Crippen molar-refractivity contribution < 1.29 is 4.39 Å². The Morgan fingerprint density at radius 2 is 2.17 bits per heavy atom. The Morgan fingerprint density at radius 1 is 1.42 bits per heavy atom. The molecule has 12 heavy (non-hydrogen) atoms. The average molecular weight is 188 g/mol. The molecule has 0 radical (unpaired) electrons. The van der Waals surface area contributed by atoms with Gasteiger partial charge in [-0.25, -0.2) is 4.39 Å². The lowest BCUT2D eigenvalue weighted by atomic mass is 10.1. The maximum absolute atomic E-state index is 13.1. The van der Waals surface area contributed by atoms with Crippen molar-refractivity contribution in [3.05, 3.63) is 35.1 Å². The summed E-state index contributed by atoms with van der Waals surface area (Å²) in [5.41, 5.74) is 7.52. The zero-order valence-corrected chi connectivity index (χ0v) is 7.40. The fourth-order valence-corrected chi connectivity index (χ4v) is 1.67. The lowest BCUT2D eigenvalue weighted by molar-refractivity contribution is 0.589. The molecule has 1 atom stereocenters. The SMILES string of the molecule is Cl.N[C@@H]1CCc2cccc(F)c21. The molecule has 0 saturated heterocycles. The molecular formula is C9H11ClFN. The maximum Gasteiger partial charge on any atom is 0.128 e. The van der Waals surface area contributed by atoms with Crippen LogP contribution in [0.3, 0.4) is 0 Å². The third-order valence-corrected chi connectivity index (χ3v) is 2.24. The Morgan fingerprint density at radius 3 is 2.83 bits per heavy atom. The van der Waals surface area contributed by atoms with E-state index in [0.29, 0.717) is 0 Å². The van der Waals surface area contributed by atoms with Gasteiger partial charge in [-0.3, -0.25) is 0 Å². The Bertz CT molecular complexity index is 288. The van der Waals surface area contributed by atoms with Gasteiger partial charge in [0.05, 0.1) is 0 Å². The van der Waals surface area contributed by atoms with Crippen molar-refractivity contribution in [3.63, 3.8) is 0 Å². The van der Waals surface area contributed by atoms with E-state index in [-0.39, 0.29) is 24.3 Å². The molecule has 0 aliphatic heterocycles. The summed E-state index contributed by atoms with van der Waals surface area (Å²) in [6.07, 6.45) is 1.81. The van der Waals surface area contributed by atoms with Crippen LogP contribution in [-0.4, -0.2) is 0 Å². The minimum atomic E-state index is -0.146. The van der Waals surface area contributed by atoms with E-state index in [4.69, 9.17) is 5.73 Å². The molecule has 1 aromatic rings. The Hall–Kier alpha value is -0.600. The molecular weight excluding hydrogens is 177 g/mol. The molecule has 0 bridgehead atoms. The van der Waals surface area contributed by atoms with Gasteiger partial charge in [-0.2, -0.15) is 0 Å². The fraction of sp³-hybridized carbons (Fsp3) is 0.333. The molecule has 2 N–H and O–H groups in total. The van der Waals surface area contributed by atoms with Crippen LogP contribution in [0.25, 0.3) is 0 Å². The number of aryl methyl sites for hydroxylation is 1. The second-order valence-corrected chi connectivity index (χ2v) is 2.96. The quantitative estimate of drug-likeness (QED) is 0.662. The molecule has 0 amide bonds. The molecule has 1 aliphatic rings. The van der Waals surface area contributed by atoms with Gasteiger partial charge >= 0.3 is 0 Å². The Labute approximate surface area is 77.2 Å². The van der Waals surface area contributed by atoms with Crippen molar-refractivity contribution in [1.29, 1.82) is 0 Å². The van der Waals surface area contributed by atoms with Crippen LogP contribution < -0.4 is 5.73 Å². The summed E-state index contributed by atoms with van der Waals surface area (Å²) in [5, 5.41) is 0. The zero-order chi connectivity index (χ0) is 7.84. The van der Waals surface area contributed by atoms with Crippen LogP contribution in [0.15, 0.2) is 18.2 Å². The first-order valence-corrected chi connectivity index (χ1v) is 3.82. The lowest BCUT2D eigenvalue weighted by Gasteiger charge is -2.04. The van der Waals surface area contributed by atoms with Gasteiger partial charge in [-0.15, -0.1) is 12.4 Å². The zero-order valence-electron chi connectivity index (χ0n) is 6.59. The largest absolute Gasteiger partial charge is 0.324 e. The van der Waals surface area contributed by atoms with Crippen LogP contribution in [0, 0.1) is 5.82 Å². The summed E-state index contributed by atoms with van der Waals surface area (Å²) in [6.45, 7) is 0. The lowest BCUT2D eigenvalue weighted by Crippen LogP contribution is -2.07. The number of halogens is 2. The van der Waals surface area contributed by atoms with Gasteiger partial charge in [-0.05, 0) is 24.5 Å². The number of nitrogens with two attached hydrogens (primary N) is 1. The molecule has 0 spiro atoms. The van der Waals surface area contributed by atoms with Crippen LogP contribution in [0.1, 0.15) is 23.6 Å². The summed E-state index contributed by atoms with van der Waals surface area (Å²) < 4.78 is 13.1. The standard InChI is InChI=1S/C9H10FN.ClH/c10-7-3-1-2-6-4-5-8(11)9(6)7;/h1-3,8H,4-5,11H2;1H/t8-;/m1./s1. The molecule has 0 fully saturated rings. The number of benzene rings is 1. The van der Waals surface area contributed by atoms with Gasteiger partial charge in [0.1, 0.15) is 5.82 Å². The highest BCUT2D eigenvalue weighted by molar-refractivity contribution is 5.85. The van der Waals surface area contributed by atoms with E-state index in [1.54, 1.807) is 6.07 Å². The van der Waals surface area contributed by atoms with E-state index in [2.05, 4.69) is 0 Å². The smallest absolute Gasteiger partial charge is 0.128 e. The minimum absolute atomic E-state index is 0. The van der Waals surface area contributed by atoms with Crippen molar-refractivity contribution in [1.82, 2.24) is 0 Å². The van der Waals surface area contributed by atoms with Gasteiger partial charge < -0.3 is 5.73 Å². The van der Waals surface area contributed by atoms with Crippen molar-refractivity contribution in [2.45, 2.75) is 18.9 Å². The molecule has 0 heterocycles. The first-order chi connectivity index (χ1) is 5.29. The molecule has 0 saturated carbocycles. The van der Waals surface area contributed by atoms with E-state index < -0.39 is 0 Å². The van der Waals surface area contributed by atoms with Crippen LogP contribution in [-0.2, 0) is 6.42 Å². The first-order valence-electron chi connectivity index (χ1n) is 3.82. The van der Waals surface area contributed by atoms with Crippen molar-refractivity contribution in [2.75, 3.05) is 0 Å². The summed E-state index contributed by atoms with van der Waals surface area (Å²) in [6, 6.07) is 5.09. The number of fused-ring (bicyclic) bond motifs is 1. The second-order valence-electron chi connectivity index (χ2n) is 2.96.